The van der Waals surface area contributed by atoms with Gasteiger partial charge in [-0.25, -0.2) is 0 Å². The third kappa shape index (κ3) is 4.26. The van der Waals surface area contributed by atoms with Gasteiger partial charge in [-0.1, -0.05) is 20.8 Å². The van der Waals surface area contributed by atoms with Crippen molar-refractivity contribution in [2.24, 2.45) is 5.92 Å². The second-order valence-electron chi connectivity index (χ2n) is 4.51. The molecule has 0 amide bonds. The summed E-state index contributed by atoms with van der Waals surface area (Å²) >= 11 is 3.56. The van der Waals surface area contributed by atoms with Gasteiger partial charge >= 0.3 is 0 Å². The van der Waals surface area contributed by atoms with E-state index in [0.29, 0.717) is 5.92 Å². The van der Waals surface area contributed by atoms with E-state index >= 15 is 0 Å². The summed E-state index contributed by atoms with van der Waals surface area (Å²) in [6.45, 7) is 9.74. The fraction of sp³-hybridized carbons (Fsp3) is 0.750. The molecule has 0 fully saturated rings. The fourth-order valence-electron chi connectivity index (χ4n) is 1.64. The van der Waals surface area contributed by atoms with Crippen molar-refractivity contribution in [2.75, 3.05) is 13.1 Å². The van der Waals surface area contributed by atoms with E-state index in [1.54, 1.807) is 0 Å². The molecule has 1 aromatic rings. The monoisotopic (exact) mass is 287 g/mol. The molecule has 0 aliphatic carbocycles. The highest BCUT2D eigenvalue weighted by molar-refractivity contribution is 9.10. The number of aromatic nitrogens is 2. The van der Waals surface area contributed by atoms with Crippen LogP contribution in [0.25, 0.3) is 0 Å². The van der Waals surface area contributed by atoms with E-state index in [1.165, 1.54) is 5.69 Å². The predicted octanol–water partition coefficient (Wildman–Crippen LogP) is 2.84. The lowest BCUT2D eigenvalue weighted by Crippen LogP contribution is -2.23. The normalized spacial score (nSPS) is 11.3. The van der Waals surface area contributed by atoms with Crippen molar-refractivity contribution in [1.29, 1.82) is 0 Å². The molecule has 0 unspecified atom stereocenters. The summed E-state index contributed by atoms with van der Waals surface area (Å²) in [7, 11) is 0. The predicted molar refractivity (Wildman–Crippen MR) is 71.6 cm³/mol. The van der Waals surface area contributed by atoms with Crippen LogP contribution in [0, 0.1) is 5.92 Å². The molecular weight excluding hydrogens is 266 g/mol. The maximum Gasteiger partial charge on any atom is 0.0635 e. The van der Waals surface area contributed by atoms with E-state index in [-0.39, 0.29) is 0 Å². The SMILES string of the molecule is CCCn1ncc(Br)c1CCNCC(C)C. The second-order valence-corrected chi connectivity index (χ2v) is 5.36. The standard InChI is InChI=1S/C12H22BrN3/c1-4-7-16-12(11(13)9-15-16)5-6-14-8-10(2)3/h9-10,14H,4-8H2,1-3H3. The van der Waals surface area contributed by atoms with E-state index < -0.39 is 0 Å². The summed E-state index contributed by atoms with van der Waals surface area (Å²) in [4.78, 5) is 0. The number of nitrogens with zero attached hydrogens (tertiary/aromatic N) is 2. The van der Waals surface area contributed by atoms with E-state index in [0.717, 1.165) is 36.9 Å². The number of hydrogen-bond donors (Lipinski definition) is 1. The van der Waals surface area contributed by atoms with Gasteiger partial charge in [0.15, 0.2) is 0 Å². The van der Waals surface area contributed by atoms with E-state index in [4.69, 9.17) is 0 Å². The molecule has 92 valence electrons. The van der Waals surface area contributed by atoms with E-state index in [9.17, 15) is 0 Å². The summed E-state index contributed by atoms with van der Waals surface area (Å²) in [5.74, 6) is 0.712. The summed E-state index contributed by atoms with van der Waals surface area (Å²) in [6.07, 6.45) is 4.06. The van der Waals surface area contributed by atoms with Crippen molar-refractivity contribution in [3.8, 4) is 0 Å². The lowest BCUT2D eigenvalue weighted by Gasteiger charge is -2.09. The number of nitrogens with one attached hydrogen (secondary N) is 1. The van der Waals surface area contributed by atoms with Gasteiger partial charge in [-0.2, -0.15) is 5.10 Å². The minimum Gasteiger partial charge on any atom is -0.316 e. The van der Waals surface area contributed by atoms with Gasteiger partial charge < -0.3 is 5.32 Å². The summed E-state index contributed by atoms with van der Waals surface area (Å²) in [5.41, 5.74) is 1.30. The Balaban J connectivity index is 2.42. The Bertz CT molecular complexity index is 307. The average molecular weight is 288 g/mol. The Morgan fingerprint density at radius 2 is 2.25 bits per heavy atom. The molecule has 3 nitrogen and oxygen atoms in total. The van der Waals surface area contributed by atoms with Crippen LogP contribution >= 0.6 is 15.9 Å². The molecule has 1 N–H and O–H groups in total. The van der Waals surface area contributed by atoms with Gasteiger partial charge in [0.2, 0.25) is 0 Å². The number of hydrogen-bond acceptors (Lipinski definition) is 2. The number of halogens is 1. The smallest absolute Gasteiger partial charge is 0.0635 e. The highest BCUT2D eigenvalue weighted by Gasteiger charge is 2.07. The van der Waals surface area contributed by atoms with Crippen molar-refractivity contribution in [3.63, 3.8) is 0 Å². The molecule has 0 aliphatic rings. The molecule has 0 saturated carbocycles. The second kappa shape index (κ2) is 7.07. The minimum atomic E-state index is 0.712. The molecule has 1 rings (SSSR count). The van der Waals surface area contributed by atoms with Crippen LogP contribution in [0.4, 0.5) is 0 Å². The molecule has 1 heterocycles. The number of rotatable bonds is 7. The van der Waals surface area contributed by atoms with Crippen molar-refractivity contribution < 1.29 is 0 Å². The molecule has 0 saturated heterocycles. The summed E-state index contributed by atoms with van der Waals surface area (Å²) < 4.78 is 3.23. The lowest BCUT2D eigenvalue weighted by molar-refractivity contribution is 0.531. The molecule has 0 aromatic carbocycles. The van der Waals surface area contributed by atoms with Crippen LogP contribution in [-0.4, -0.2) is 22.9 Å². The first-order chi connectivity index (χ1) is 7.65. The van der Waals surface area contributed by atoms with Crippen LogP contribution in [0.5, 0.6) is 0 Å². The molecule has 0 bridgehead atoms. The molecule has 4 heteroatoms. The Morgan fingerprint density at radius 3 is 2.88 bits per heavy atom. The molecule has 0 atom stereocenters. The highest BCUT2D eigenvalue weighted by Crippen LogP contribution is 2.16. The zero-order valence-electron chi connectivity index (χ0n) is 10.5. The molecular formula is C12H22BrN3. The van der Waals surface area contributed by atoms with Crippen molar-refractivity contribution in [3.05, 3.63) is 16.4 Å². The van der Waals surface area contributed by atoms with Crippen LogP contribution in [0.2, 0.25) is 0 Å². The highest BCUT2D eigenvalue weighted by atomic mass is 79.9. The first-order valence-electron chi connectivity index (χ1n) is 6.06. The first-order valence-corrected chi connectivity index (χ1v) is 6.85. The van der Waals surface area contributed by atoms with Gasteiger partial charge in [-0.3, -0.25) is 4.68 Å². The molecule has 16 heavy (non-hydrogen) atoms. The molecule has 0 radical (unpaired) electrons. The third-order valence-corrected chi connectivity index (χ3v) is 3.09. The number of aryl methyl sites for hydroxylation is 1. The van der Waals surface area contributed by atoms with Gasteiger partial charge in [-0.05, 0) is 34.8 Å². The van der Waals surface area contributed by atoms with Crippen LogP contribution in [0.15, 0.2) is 10.7 Å². The minimum absolute atomic E-state index is 0.712. The molecule has 0 spiro atoms. The molecule has 0 aliphatic heterocycles. The van der Waals surface area contributed by atoms with Crippen molar-refractivity contribution >= 4 is 15.9 Å². The van der Waals surface area contributed by atoms with Gasteiger partial charge in [0.25, 0.3) is 0 Å². The van der Waals surface area contributed by atoms with Gasteiger partial charge in [0.05, 0.1) is 16.4 Å². The largest absolute Gasteiger partial charge is 0.316 e. The van der Waals surface area contributed by atoms with Crippen molar-refractivity contribution in [2.45, 2.75) is 40.2 Å². The Hall–Kier alpha value is -0.350. The van der Waals surface area contributed by atoms with Crippen LogP contribution in [0.1, 0.15) is 32.9 Å². The third-order valence-electron chi connectivity index (χ3n) is 2.42. The first kappa shape index (κ1) is 13.7. The topological polar surface area (TPSA) is 29.9 Å². The lowest BCUT2D eigenvalue weighted by atomic mass is 10.2. The zero-order valence-corrected chi connectivity index (χ0v) is 12.0. The Morgan fingerprint density at radius 1 is 1.50 bits per heavy atom. The Labute approximate surface area is 107 Å². The van der Waals surface area contributed by atoms with Gasteiger partial charge in [-0.15, -0.1) is 0 Å². The average Bonchev–Trinajstić information content (AvgIpc) is 2.56. The fourth-order valence-corrected chi connectivity index (χ4v) is 2.13. The van der Waals surface area contributed by atoms with E-state index in [1.807, 2.05) is 6.20 Å². The van der Waals surface area contributed by atoms with Gasteiger partial charge in [0.1, 0.15) is 0 Å². The quantitative estimate of drug-likeness (QED) is 0.782. The van der Waals surface area contributed by atoms with E-state index in [2.05, 4.69) is 51.8 Å². The van der Waals surface area contributed by atoms with Gasteiger partial charge in [0, 0.05) is 19.5 Å². The summed E-state index contributed by atoms with van der Waals surface area (Å²) in [5, 5.41) is 7.82. The zero-order chi connectivity index (χ0) is 12.0. The maximum atomic E-state index is 4.36. The van der Waals surface area contributed by atoms with Crippen LogP contribution < -0.4 is 5.32 Å². The molecule has 1 aromatic heterocycles. The van der Waals surface area contributed by atoms with Crippen molar-refractivity contribution in [1.82, 2.24) is 15.1 Å². The summed E-state index contributed by atoms with van der Waals surface area (Å²) in [6, 6.07) is 0. The Kier molecular flexibility index (Phi) is 6.06. The maximum absolute atomic E-state index is 4.36. The van der Waals surface area contributed by atoms with Crippen LogP contribution in [0.3, 0.4) is 0 Å². The van der Waals surface area contributed by atoms with Crippen LogP contribution in [-0.2, 0) is 13.0 Å².